The van der Waals surface area contributed by atoms with E-state index in [1.54, 1.807) is 6.92 Å². The summed E-state index contributed by atoms with van der Waals surface area (Å²) in [7, 11) is 0. The third-order valence-corrected chi connectivity index (χ3v) is 5.00. The maximum Gasteiger partial charge on any atom is 0.320 e. The van der Waals surface area contributed by atoms with Crippen LogP contribution in [0.2, 0.25) is 0 Å². The second-order valence-corrected chi connectivity index (χ2v) is 6.64. The summed E-state index contributed by atoms with van der Waals surface area (Å²) in [5, 5.41) is 11.8. The molecule has 2 heterocycles. The molecule has 0 spiro atoms. The second-order valence-electron chi connectivity index (χ2n) is 6.64. The Morgan fingerprint density at radius 2 is 1.38 bits per heavy atom. The molecule has 0 aliphatic carbocycles. The topological polar surface area (TPSA) is 72.1 Å². The summed E-state index contributed by atoms with van der Waals surface area (Å²) in [5.41, 5.74) is 4.34. The van der Waals surface area contributed by atoms with Crippen LogP contribution in [0.3, 0.4) is 0 Å². The summed E-state index contributed by atoms with van der Waals surface area (Å²) in [6.45, 7) is 2.87. The van der Waals surface area contributed by atoms with Gasteiger partial charge < -0.3 is 15.1 Å². The highest BCUT2D eigenvalue weighted by Gasteiger charge is 2.23. The number of carboxylic acids is 1. The molecular formula is C21H21N3O2. The van der Waals surface area contributed by atoms with Gasteiger partial charge in [0.1, 0.15) is 6.04 Å². The Hall–Kier alpha value is -3.05. The predicted molar refractivity (Wildman–Crippen MR) is 103 cm³/mol. The number of aromatic nitrogens is 2. The minimum absolute atomic E-state index is 0.566. The molecule has 0 saturated heterocycles. The van der Waals surface area contributed by atoms with E-state index >= 15 is 0 Å². The molecule has 4 aromatic rings. The second kappa shape index (κ2) is 6.69. The Balaban J connectivity index is 1.67. The number of para-hydroxylation sites is 2. The van der Waals surface area contributed by atoms with E-state index in [-0.39, 0.29) is 0 Å². The van der Waals surface area contributed by atoms with E-state index < -0.39 is 12.0 Å². The van der Waals surface area contributed by atoms with Crippen molar-refractivity contribution >= 4 is 27.8 Å². The lowest BCUT2D eigenvalue weighted by Crippen LogP contribution is -2.37. The molecule has 0 aliphatic rings. The van der Waals surface area contributed by atoms with Crippen molar-refractivity contribution in [1.82, 2.24) is 14.9 Å². The number of carboxylic acid groups (broad SMARTS) is 1. The normalized spacial score (nSPS) is 12.8. The number of aliphatic carboxylic acids is 1. The standard InChI is InChI=1S/C21H21N3O2/c1-14(21(25)26)24(12-15-10-22-19-8-4-2-6-17(15)19)13-16-11-23-20-9-5-3-7-18(16)20/h2-11,14,22-23H,12-13H2,1H3,(H,25,26)/t14-/m0/s1. The first-order valence-corrected chi connectivity index (χ1v) is 8.70. The van der Waals surface area contributed by atoms with Gasteiger partial charge in [0.05, 0.1) is 0 Å². The van der Waals surface area contributed by atoms with Crippen LogP contribution in [0.25, 0.3) is 21.8 Å². The van der Waals surface area contributed by atoms with Gasteiger partial charge in [0.15, 0.2) is 0 Å². The van der Waals surface area contributed by atoms with E-state index in [0.717, 1.165) is 32.9 Å². The zero-order chi connectivity index (χ0) is 18.1. The maximum atomic E-state index is 11.7. The molecule has 2 aromatic carbocycles. The molecule has 3 N–H and O–H groups in total. The van der Waals surface area contributed by atoms with Crippen molar-refractivity contribution < 1.29 is 9.90 Å². The minimum Gasteiger partial charge on any atom is -0.480 e. The van der Waals surface area contributed by atoms with Gasteiger partial charge in [0.25, 0.3) is 0 Å². The molecule has 0 fully saturated rings. The van der Waals surface area contributed by atoms with Crippen molar-refractivity contribution in [2.45, 2.75) is 26.1 Å². The number of nitrogens with zero attached hydrogens (tertiary/aromatic N) is 1. The number of H-pyrrole nitrogens is 2. The molecule has 0 bridgehead atoms. The van der Waals surface area contributed by atoms with Crippen LogP contribution < -0.4 is 0 Å². The van der Waals surface area contributed by atoms with E-state index in [2.05, 4.69) is 22.1 Å². The zero-order valence-corrected chi connectivity index (χ0v) is 14.6. The Morgan fingerprint density at radius 3 is 1.85 bits per heavy atom. The van der Waals surface area contributed by atoms with Gasteiger partial charge >= 0.3 is 5.97 Å². The van der Waals surface area contributed by atoms with Crippen molar-refractivity contribution in [1.29, 1.82) is 0 Å². The van der Waals surface area contributed by atoms with Gasteiger partial charge in [0, 0.05) is 47.3 Å². The Kier molecular flexibility index (Phi) is 4.22. The van der Waals surface area contributed by atoms with Gasteiger partial charge in [-0.15, -0.1) is 0 Å². The van der Waals surface area contributed by atoms with E-state index in [9.17, 15) is 9.90 Å². The lowest BCUT2D eigenvalue weighted by molar-refractivity contribution is -0.143. The summed E-state index contributed by atoms with van der Waals surface area (Å²) in [6.07, 6.45) is 3.95. The average molecular weight is 347 g/mol. The number of benzene rings is 2. The lowest BCUT2D eigenvalue weighted by Gasteiger charge is -2.26. The molecule has 2 aromatic heterocycles. The zero-order valence-electron chi connectivity index (χ0n) is 14.6. The first kappa shape index (κ1) is 16.4. The average Bonchev–Trinajstić information content (AvgIpc) is 3.25. The molecule has 0 unspecified atom stereocenters. The first-order chi connectivity index (χ1) is 12.6. The molecule has 0 radical (unpaired) electrons. The molecule has 4 rings (SSSR count). The molecule has 26 heavy (non-hydrogen) atoms. The Labute approximate surface area is 151 Å². The number of nitrogens with one attached hydrogen (secondary N) is 2. The number of fused-ring (bicyclic) bond motifs is 2. The van der Waals surface area contributed by atoms with Gasteiger partial charge in [-0.1, -0.05) is 36.4 Å². The highest BCUT2D eigenvalue weighted by atomic mass is 16.4. The summed E-state index contributed by atoms with van der Waals surface area (Å²) < 4.78 is 0. The van der Waals surface area contributed by atoms with E-state index in [1.807, 2.05) is 53.7 Å². The predicted octanol–water partition coefficient (Wildman–Crippen LogP) is 4.12. The molecule has 1 atom stereocenters. The van der Waals surface area contributed by atoms with Crippen LogP contribution in [0.4, 0.5) is 0 Å². The molecule has 5 heteroatoms. The highest BCUT2D eigenvalue weighted by Crippen LogP contribution is 2.24. The molecule has 0 aliphatic heterocycles. The summed E-state index contributed by atoms with van der Waals surface area (Å²) in [5.74, 6) is -0.815. The molecule has 0 amide bonds. The van der Waals surface area contributed by atoms with Crippen LogP contribution in [0, 0.1) is 0 Å². The van der Waals surface area contributed by atoms with Crippen molar-refractivity contribution in [3.63, 3.8) is 0 Å². The number of aromatic amines is 2. The van der Waals surface area contributed by atoms with Crippen LogP contribution in [-0.4, -0.2) is 32.0 Å². The van der Waals surface area contributed by atoms with Gasteiger partial charge in [-0.2, -0.15) is 0 Å². The quantitative estimate of drug-likeness (QED) is 0.491. The minimum atomic E-state index is -0.815. The van der Waals surface area contributed by atoms with Gasteiger partial charge in [0.2, 0.25) is 0 Å². The van der Waals surface area contributed by atoms with Crippen LogP contribution in [0.1, 0.15) is 18.1 Å². The molecule has 0 saturated carbocycles. The lowest BCUT2D eigenvalue weighted by atomic mass is 10.1. The largest absolute Gasteiger partial charge is 0.480 e. The molecule has 132 valence electrons. The van der Waals surface area contributed by atoms with E-state index in [0.29, 0.717) is 13.1 Å². The first-order valence-electron chi connectivity index (χ1n) is 8.70. The van der Waals surface area contributed by atoms with Crippen LogP contribution in [0.15, 0.2) is 60.9 Å². The fourth-order valence-corrected chi connectivity index (χ4v) is 3.45. The number of hydrogen-bond acceptors (Lipinski definition) is 2. The fourth-order valence-electron chi connectivity index (χ4n) is 3.45. The smallest absolute Gasteiger partial charge is 0.320 e. The maximum absolute atomic E-state index is 11.7. The van der Waals surface area contributed by atoms with Gasteiger partial charge in [-0.3, -0.25) is 9.69 Å². The Bertz CT molecular complexity index is 987. The SMILES string of the molecule is C[C@@H](C(=O)O)N(Cc1c[nH]c2ccccc12)Cc1c[nH]c2ccccc12. The van der Waals surface area contributed by atoms with E-state index in [4.69, 9.17) is 0 Å². The van der Waals surface area contributed by atoms with Crippen LogP contribution >= 0.6 is 0 Å². The fraction of sp³-hybridized carbons (Fsp3) is 0.190. The third kappa shape index (κ3) is 2.97. The van der Waals surface area contributed by atoms with E-state index in [1.165, 1.54) is 0 Å². The van der Waals surface area contributed by atoms with Gasteiger partial charge in [-0.25, -0.2) is 0 Å². The van der Waals surface area contributed by atoms with Crippen molar-refractivity contribution in [3.05, 3.63) is 72.1 Å². The van der Waals surface area contributed by atoms with Crippen molar-refractivity contribution in [3.8, 4) is 0 Å². The van der Waals surface area contributed by atoms with Crippen molar-refractivity contribution in [2.24, 2.45) is 0 Å². The van der Waals surface area contributed by atoms with Crippen LogP contribution in [-0.2, 0) is 17.9 Å². The number of carbonyl (C=O) groups is 1. The summed E-state index contributed by atoms with van der Waals surface area (Å²) in [4.78, 5) is 20.2. The Morgan fingerprint density at radius 1 is 0.923 bits per heavy atom. The molecule has 5 nitrogen and oxygen atoms in total. The number of hydrogen-bond donors (Lipinski definition) is 3. The van der Waals surface area contributed by atoms with Crippen LogP contribution in [0.5, 0.6) is 0 Å². The molecular weight excluding hydrogens is 326 g/mol. The number of rotatable bonds is 6. The summed E-state index contributed by atoms with van der Waals surface area (Å²) >= 11 is 0. The van der Waals surface area contributed by atoms with Gasteiger partial charge in [-0.05, 0) is 30.2 Å². The van der Waals surface area contributed by atoms with Crippen molar-refractivity contribution in [2.75, 3.05) is 0 Å². The summed E-state index contributed by atoms with van der Waals surface area (Å²) in [6, 6.07) is 15.6. The highest BCUT2D eigenvalue weighted by molar-refractivity contribution is 5.84. The third-order valence-electron chi connectivity index (χ3n) is 5.00. The monoisotopic (exact) mass is 347 g/mol.